The topological polar surface area (TPSA) is 67.5 Å². The largest absolute Gasteiger partial charge is 0.481 e. The van der Waals surface area contributed by atoms with Gasteiger partial charge in [0.1, 0.15) is 5.76 Å². The van der Waals surface area contributed by atoms with Crippen LogP contribution in [0.1, 0.15) is 36.6 Å². The first-order valence-electron chi connectivity index (χ1n) is 4.66. The number of carbonyl (C=O) groups excluding carboxylic acids is 1. The molecule has 0 fully saturated rings. The molecule has 0 spiro atoms. The molecule has 1 aromatic heterocycles. The van der Waals surface area contributed by atoms with E-state index in [1.807, 2.05) is 0 Å². The Balaban J connectivity index is 2.88. The molecular weight excluding hydrogens is 196 g/mol. The van der Waals surface area contributed by atoms with Crippen LogP contribution in [0.15, 0.2) is 16.5 Å². The molecular formula is C11H14O4. The number of carboxylic acid groups (broad SMARTS) is 1. The second-order valence-corrected chi connectivity index (χ2v) is 4.19. The number of carboxylic acids is 1. The lowest BCUT2D eigenvalue weighted by molar-refractivity contribution is -0.138. The molecule has 0 saturated carbocycles. The maximum Gasteiger partial charge on any atom is 0.304 e. The molecule has 0 bridgehead atoms. The monoisotopic (exact) mass is 210 g/mol. The number of carbonyl (C=O) groups is 2. The summed E-state index contributed by atoms with van der Waals surface area (Å²) in [7, 11) is 0. The highest BCUT2D eigenvalue weighted by molar-refractivity contribution is 5.99. The summed E-state index contributed by atoms with van der Waals surface area (Å²) in [6.07, 6.45) is -0.203. The summed E-state index contributed by atoms with van der Waals surface area (Å²) in [6.45, 7) is 4.93. The van der Waals surface area contributed by atoms with Gasteiger partial charge in [0.05, 0.1) is 6.42 Å². The molecule has 0 aliphatic rings. The van der Waals surface area contributed by atoms with Crippen molar-refractivity contribution in [1.82, 2.24) is 0 Å². The van der Waals surface area contributed by atoms with Crippen LogP contribution in [0, 0.1) is 12.3 Å². The molecule has 82 valence electrons. The lowest BCUT2D eigenvalue weighted by Gasteiger charge is -2.18. The van der Waals surface area contributed by atoms with E-state index in [1.54, 1.807) is 32.9 Å². The minimum Gasteiger partial charge on any atom is -0.481 e. The smallest absolute Gasteiger partial charge is 0.304 e. The van der Waals surface area contributed by atoms with Crippen LogP contribution in [-0.2, 0) is 4.79 Å². The van der Waals surface area contributed by atoms with Crippen LogP contribution in [-0.4, -0.2) is 16.9 Å². The van der Waals surface area contributed by atoms with Crippen LogP contribution in [0.2, 0.25) is 0 Å². The van der Waals surface area contributed by atoms with E-state index in [-0.39, 0.29) is 18.0 Å². The van der Waals surface area contributed by atoms with Crippen LogP contribution in [0.4, 0.5) is 0 Å². The fourth-order valence-electron chi connectivity index (χ4n) is 1.35. The van der Waals surface area contributed by atoms with Gasteiger partial charge in [-0.3, -0.25) is 9.59 Å². The van der Waals surface area contributed by atoms with E-state index in [9.17, 15) is 9.59 Å². The molecule has 1 heterocycles. The average molecular weight is 210 g/mol. The quantitative estimate of drug-likeness (QED) is 0.774. The van der Waals surface area contributed by atoms with Crippen LogP contribution < -0.4 is 0 Å². The Morgan fingerprint density at radius 2 is 2.00 bits per heavy atom. The molecule has 0 aliphatic heterocycles. The molecule has 0 unspecified atom stereocenters. The minimum absolute atomic E-state index is 0.203. The van der Waals surface area contributed by atoms with Crippen molar-refractivity contribution in [2.75, 3.05) is 0 Å². The Morgan fingerprint density at radius 3 is 2.40 bits per heavy atom. The van der Waals surface area contributed by atoms with E-state index >= 15 is 0 Å². The number of aliphatic carboxylic acids is 1. The first-order chi connectivity index (χ1) is 6.83. The standard InChI is InChI=1S/C11H14O4/c1-7-4-5-8(15-7)10(14)11(2,3)6-9(12)13/h4-5H,6H2,1-3H3,(H,12,13). The van der Waals surface area contributed by atoms with Gasteiger partial charge in [-0.2, -0.15) is 0 Å². The van der Waals surface area contributed by atoms with Gasteiger partial charge in [-0.1, -0.05) is 13.8 Å². The van der Waals surface area contributed by atoms with E-state index in [1.165, 1.54) is 0 Å². The lowest BCUT2D eigenvalue weighted by atomic mass is 9.83. The maximum absolute atomic E-state index is 11.9. The number of aryl methyl sites for hydroxylation is 1. The molecule has 0 amide bonds. The zero-order valence-corrected chi connectivity index (χ0v) is 9.03. The van der Waals surface area contributed by atoms with Crippen molar-refractivity contribution in [3.05, 3.63) is 23.7 Å². The molecule has 1 N–H and O–H groups in total. The van der Waals surface area contributed by atoms with Gasteiger partial charge < -0.3 is 9.52 Å². The number of furan rings is 1. The predicted octanol–water partition coefficient (Wildman–Crippen LogP) is 2.27. The van der Waals surface area contributed by atoms with Crippen molar-refractivity contribution >= 4 is 11.8 Å². The van der Waals surface area contributed by atoms with Crippen LogP contribution in [0.3, 0.4) is 0 Å². The average Bonchev–Trinajstić information content (AvgIpc) is 2.48. The second kappa shape index (κ2) is 3.88. The van der Waals surface area contributed by atoms with Gasteiger partial charge in [0.15, 0.2) is 5.76 Å². The Morgan fingerprint density at radius 1 is 1.40 bits per heavy atom. The van der Waals surface area contributed by atoms with Crippen molar-refractivity contribution < 1.29 is 19.1 Å². The van der Waals surface area contributed by atoms with Gasteiger partial charge in [-0.05, 0) is 19.1 Å². The fourth-order valence-corrected chi connectivity index (χ4v) is 1.35. The Hall–Kier alpha value is -1.58. The maximum atomic E-state index is 11.9. The molecule has 0 radical (unpaired) electrons. The Labute approximate surface area is 87.9 Å². The van der Waals surface area contributed by atoms with Gasteiger partial charge >= 0.3 is 5.97 Å². The summed E-state index contributed by atoms with van der Waals surface area (Å²) in [6, 6.07) is 3.26. The third kappa shape index (κ3) is 2.68. The summed E-state index contributed by atoms with van der Waals surface area (Å²) < 4.78 is 5.17. The first-order valence-corrected chi connectivity index (χ1v) is 4.66. The van der Waals surface area contributed by atoms with Gasteiger partial charge in [-0.15, -0.1) is 0 Å². The SMILES string of the molecule is Cc1ccc(C(=O)C(C)(C)CC(=O)O)o1. The van der Waals surface area contributed by atoms with E-state index in [0.29, 0.717) is 5.76 Å². The molecule has 1 rings (SSSR count). The van der Waals surface area contributed by atoms with E-state index in [4.69, 9.17) is 9.52 Å². The van der Waals surface area contributed by atoms with Crippen molar-refractivity contribution in [2.45, 2.75) is 27.2 Å². The third-order valence-electron chi connectivity index (χ3n) is 2.17. The highest BCUT2D eigenvalue weighted by Crippen LogP contribution is 2.26. The molecule has 15 heavy (non-hydrogen) atoms. The fraction of sp³-hybridized carbons (Fsp3) is 0.455. The molecule has 4 nitrogen and oxygen atoms in total. The van der Waals surface area contributed by atoms with Gasteiger partial charge in [-0.25, -0.2) is 0 Å². The highest BCUT2D eigenvalue weighted by Gasteiger charge is 2.33. The van der Waals surface area contributed by atoms with Crippen LogP contribution >= 0.6 is 0 Å². The number of hydrogen-bond donors (Lipinski definition) is 1. The Bertz CT molecular complexity index is 387. The third-order valence-corrected chi connectivity index (χ3v) is 2.17. The molecule has 0 aromatic carbocycles. The zero-order chi connectivity index (χ0) is 11.6. The minimum atomic E-state index is -0.989. The predicted molar refractivity (Wildman–Crippen MR) is 53.8 cm³/mol. The molecule has 4 heteroatoms. The Kier molecular flexibility index (Phi) is 2.98. The lowest BCUT2D eigenvalue weighted by Crippen LogP contribution is -2.27. The van der Waals surface area contributed by atoms with Crippen LogP contribution in [0.25, 0.3) is 0 Å². The van der Waals surface area contributed by atoms with Crippen molar-refractivity contribution in [3.8, 4) is 0 Å². The molecule has 0 atom stereocenters. The van der Waals surface area contributed by atoms with Crippen LogP contribution in [0.5, 0.6) is 0 Å². The van der Waals surface area contributed by atoms with Gasteiger partial charge in [0, 0.05) is 5.41 Å². The number of Topliss-reactive ketones (excluding diaryl/α,β-unsaturated/α-hetero) is 1. The molecule has 0 saturated heterocycles. The summed E-state index contributed by atoms with van der Waals surface area (Å²) in [5.41, 5.74) is -0.934. The summed E-state index contributed by atoms with van der Waals surface area (Å²) in [5, 5.41) is 8.67. The van der Waals surface area contributed by atoms with Gasteiger partial charge in [0.2, 0.25) is 5.78 Å². The second-order valence-electron chi connectivity index (χ2n) is 4.19. The summed E-state index contributed by atoms with van der Waals surface area (Å²) in [5.74, 6) is -0.405. The van der Waals surface area contributed by atoms with Gasteiger partial charge in [0.25, 0.3) is 0 Å². The van der Waals surface area contributed by atoms with E-state index < -0.39 is 11.4 Å². The van der Waals surface area contributed by atoms with Crippen molar-refractivity contribution in [2.24, 2.45) is 5.41 Å². The first kappa shape index (κ1) is 11.5. The van der Waals surface area contributed by atoms with Crippen molar-refractivity contribution in [3.63, 3.8) is 0 Å². The normalized spacial score (nSPS) is 11.4. The number of ketones is 1. The van der Waals surface area contributed by atoms with E-state index in [0.717, 1.165) is 0 Å². The number of hydrogen-bond acceptors (Lipinski definition) is 3. The summed E-state index contributed by atoms with van der Waals surface area (Å²) >= 11 is 0. The van der Waals surface area contributed by atoms with Crippen molar-refractivity contribution in [1.29, 1.82) is 0 Å². The highest BCUT2D eigenvalue weighted by atomic mass is 16.4. The summed E-state index contributed by atoms with van der Waals surface area (Å²) in [4.78, 5) is 22.4. The molecule has 1 aromatic rings. The van der Waals surface area contributed by atoms with E-state index in [2.05, 4.69) is 0 Å². The molecule has 0 aliphatic carbocycles. The zero-order valence-electron chi connectivity index (χ0n) is 9.03. The number of rotatable bonds is 4.